The fourth-order valence-corrected chi connectivity index (χ4v) is 2.47. The van der Waals surface area contributed by atoms with Gasteiger partial charge in [0.1, 0.15) is 0 Å². The van der Waals surface area contributed by atoms with E-state index in [4.69, 9.17) is 10.5 Å². The molecule has 6 heteroatoms. The second kappa shape index (κ2) is 8.49. The van der Waals surface area contributed by atoms with Crippen LogP contribution in [-0.2, 0) is 22.4 Å². The van der Waals surface area contributed by atoms with Crippen molar-refractivity contribution >= 4 is 17.7 Å². The van der Waals surface area contributed by atoms with Crippen LogP contribution in [0.5, 0.6) is 0 Å². The number of nitrogens with two attached hydrogens (primary N) is 1. The largest absolute Gasteiger partial charge is 0.431 e. The second-order valence-electron chi connectivity index (χ2n) is 6.31. The number of nitrogens with one attached hydrogen (secondary N) is 1. The molecule has 2 rings (SSSR count). The highest BCUT2D eigenvalue weighted by Crippen LogP contribution is 2.17. The molecule has 0 aliphatic carbocycles. The maximum Gasteiger partial charge on any atom is 0.405 e. The Morgan fingerprint density at radius 1 is 1.04 bits per heavy atom. The number of aliphatic hydroxyl groups is 1. The molecule has 2 aromatic carbocycles. The molecular formula is C20H24N2O4. The van der Waals surface area contributed by atoms with E-state index in [1.54, 1.807) is 12.1 Å². The van der Waals surface area contributed by atoms with Crippen LogP contribution in [0.3, 0.4) is 0 Å². The number of ether oxygens (including phenoxy) is 1. The second-order valence-corrected chi connectivity index (χ2v) is 6.31. The Labute approximate surface area is 153 Å². The van der Waals surface area contributed by atoms with Crippen molar-refractivity contribution in [2.75, 3.05) is 11.9 Å². The van der Waals surface area contributed by atoms with E-state index < -0.39 is 24.2 Å². The number of carbonyl (C=O) groups excluding carboxylic acids is 2. The minimum absolute atomic E-state index is 0.535. The first-order valence-electron chi connectivity index (χ1n) is 8.44. The highest BCUT2D eigenvalue weighted by atomic mass is 16.6. The maximum absolute atomic E-state index is 12.2. The Bertz CT molecular complexity index is 756. The molecule has 1 unspecified atom stereocenters. The van der Waals surface area contributed by atoms with Gasteiger partial charge < -0.3 is 20.9 Å². The molecule has 0 saturated carbocycles. The predicted octanol–water partition coefficient (Wildman–Crippen LogP) is 2.62. The zero-order valence-electron chi connectivity index (χ0n) is 15.0. The van der Waals surface area contributed by atoms with Gasteiger partial charge in [-0.05, 0) is 48.6 Å². The Kier molecular flexibility index (Phi) is 6.36. The molecule has 0 saturated heterocycles. The topological polar surface area (TPSA) is 102 Å². The SMILES string of the molecule is CCc1ccc(Cc2ccc(NC(=O)C(C)(CO)OC(N)=O)cc2)cc1. The summed E-state index contributed by atoms with van der Waals surface area (Å²) in [6.07, 6.45) is 0.680. The van der Waals surface area contributed by atoms with E-state index in [0.29, 0.717) is 5.69 Å². The number of anilines is 1. The van der Waals surface area contributed by atoms with Gasteiger partial charge in [0.25, 0.3) is 5.91 Å². The zero-order valence-corrected chi connectivity index (χ0v) is 15.0. The average molecular weight is 356 g/mol. The van der Waals surface area contributed by atoms with Gasteiger partial charge in [-0.2, -0.15) is 0 Å². The summed E-state index contributed by atoms with van der Waals surface area (Å²) in [5, 5.41) is 11.9. The van der Waals surface area contributed by atoms with Gasteiger partial charge in [-0.15, -0.1) is 0 Å². The molecule has 0 spiro atoms. The van der Waals surface area contributed by atoms with Crippen LogP contribution >= 0.6 is 0 Å². The van der Waals surface area contributed by atoms with Crippen LogP contribution in [0.4, 0.5) is 10.5 Å². The molecule has 0 fully saturated rings. The van der Waals surface area contributed by atoms with E-state index in [-0.39, 0.29) is 0 Å². The summed E-state index contributed by atoms with van der Waals surface area (Å²) < 4.78 is 4.72. The number of aliphatic hydroxyl groups excluding tert-OH is 1. The van der Waals surface area contributed by atoms with Gasteiger partial charge in [0.15, 0.2) is 0 Å². The third-order valence-electron chi connectivity index (χ3n) is 4.16. The van der Waals surface area contributed by atoms with Gasteiger partial charge in [-0.25, -0.2) is 4.79 Å². The fraction of sp³-hybridized carbons (Fsp3) is 0.300. The van der Waals surface area contributed by atoms with Crippen LogP contribution in [0, 0.1) is 0 Å². The summed E-state index contributed by atoms with van der Waals surface area (Å²) in [7, 11) is 0. The van der Waals surface area contributed by atoms with Crippen molar-refractivity contribution in [2.24, 2.45) is 5.73 Å². The van der Waals surface area contributed by atoms with E-state index in [9.17, 15) is 14.7 Å². The summed E-state index contributed by atoms with van der Waals surface area (Å²) >= 11 is 0. The number of amides is 2. The van der Waals surface area contributed by atoms with E-state index in [1.807, 2.05) is 12.1 Å². The molecule has 1 atom stereocenters. The quantitative estimate of drug-likeness (QED) is 0.710. The lowest BCUT2D eigenvalue weighted by Gasteiger charge is -2.25. The molecule has 138 valence electrons. The number of aryl methyl sites for hydroxylation is 1. The van der Waals surface area contributed by atoms with Crippen molar-refractivity contribution in [3.05, 3.63) is 65.2 Å². The lowest BCUT2D eigenvalue weighted by Crippen LogP contribution is -2.48. The normalized spacial score (nSPS) is 12.9. The van der Waals surface area contributed by atoms with Gasteiger partial charge >= 0.3 is 6.09 Å². The number of carbonyl (C=O) groups is 2. The Morgan fingerprint density at radius 2 is 1.54 bits per heavy atom. The summed E-state index contributed by atoms with van der Waals surface area (Å²) in [4.78, 5) is 23.1. The molecule has 0 aliphatic rings. The van der Waals surface area contributed by atoms with E-state index >= 15 is 0 Å². The van der Waals surface area contributed by atoms with Crippen molar-refractivity contribution in [3.8, 4) is 0 Å². The summed E-state index contributed by atoms with van der Waals surface area (Å²) in [5.74, 6) is -0.651. The Hall–Kier alpha value is -2.86. The van der Waals surface area contributed by atoms with Crippen molar-refractivity contribution in [1.82, 2.24) is 0 Å². The molecule has 0 aliphatic heterocycles. The van der Waals surface area contributed by atoms with Crippen LogP contribution in [0.2, 0.25) is 0 Å². The molecule has 0 radical (unpaired) electrons. The molecule has 6 nitrogen and oxygen atoms in total. The lowest BCUT2D eigenvalue weighted by molar-refractivity contribution is -0.136. The van der Waals surface area contributed by atoms with E-state index in [0.717, 1.165) is 18.4 Å². The van der Waals surface area contributed by atoms with Gasteiger partial charge in [-0.1, -0.05) is 43.3 Å². The van der Waals surface area contributed by atoms with Crippen LogP contribution in [0.15, 0.2) is 48.5 Å². The Balaban J connectivity index is 2.02. The van der Waals surface area contributed by atoms with Crippen molar-refractivity contribution in [3.63, 3.8) is 0 Å². The summed E-state index contributed by atoms with van der Waals surface area (Å²) in [5.41, 5.74) is 7.36. The first kappa shape index (κ1) is 19.5. The summed E-state index contributed by atoms with van der Waals surface area (Å²) in [6, 6.07) is 15.8. The van der Waals surface area contributed by atoms with E-state index in [1.165, 1.54) is 18.1 Å². The molecule has 0 heterocycles. The monoisotopic (exact) mass is 356 g/mol. The number of benzene rings is 2. The number of hydrogen-bond donors (Lipinski definition) is 3. The smallest absolute Gasteiger partial charge is 0.405 e. The maximum atomic E-state index is 12.2. The minimum Gasteiger partial charge on any atom is -0.431 e. The van der Waals surface area contributed by atoms with Crippen LogP contribution in [0.25, 0.3) is 0 Å². The first-order valence-corrected chi connectivity index (χ1v) is 8.44. The van der Waals surface area contributed by atoms with Gasteiger partial charge in [0, 0.05) is 5.69 Å². The van der Waals surface area contributed by atoms with Gasteiger partial charge in [0.05, 0.1) is 6.61 Å². The number of primary amides is 1. The van der Waals surface area contributed by atoms with Crippen molar-refractivity contribution < 1.29 is 19.4 Å². The van der Waals surface area contributed by atoms with Gasteiger partial charge in [-0.3, -0.25) is 4.79 Å². The standard InChI is InChI=1S/C20H24N2O4/c1-3-14-4-6-15(7-5-14)12-16-8-10-17(11-9-16)22-18(24)20(2,13-23)26-19(21)25/h4-11,23H,3,12-13H2,1-2H3,(H2,21,25)(H,22,24). The highest BCUT2D eigenvalue weighted by molar-refractivity contribution is 5.98. The van der Waals surface area contributed by atoms with Gasteiger partial charge in [0.2, 0.25) is 5.60 Å². The molecule has 0 bridgehead atoms. The number of hydrogen-bond acceptors (Lipinski definition) is 4. The summed E-state index contributed by atoms with van der Waals surface area (Å²) in [6.45, 7) is 2.74. The van der Waals surface area contributed by atoms with Crippen molar-refractivity contribution in [1.29, 1.82) is 0 Å². The van der Waals surface area contributed by atoms with Crippen LogP contribution < -0.4 is 11.1 Å². The molecule has 2 amide bonds. The molecule has 2 aromatic rings. The number of rotatable bonds is 7. The molecule has 26 heavy (non-hydrogen) atoms. The third kappa shape index (κ3) is 5.07. The van der Waals surface area contributed by atoms with Crippen LogP contribution in [0.1, 0.15) is 30.5 Å². The first-order chi connectivity index (χ1) is 12.4. The lowest BCUT2D eigenvalue weighted by atomic mass is 10.0. The van der Waals surface area contributed by atoms with E-state index in [2.05, 4.69) is 36.5 Å². The Morgan fingerprint density at radius 3 is 2.00 bits per heavy atom. The average Bonchev–Trinajstić information content (AvgIpc) is 2.63. The fourth-order valence-electron chi connectivity index (χ4n) is 2.47. The molecule has 4 N–H and O–H groups in total. The van der Waals surface area contributed by atoms with Crippen molar-refractivity contribution in [2.45, 2.75) is 32.3 Å². The molecular weight excluding hydrogens is 332 g/mol. The third-order valence-corrected chi connectivity index (χ3v) is 4.16. The highest BCUT2D eigenvalue weighted by Gasteiger charge is 2.36. The minimum atomic E-state index is -1.73. The zero-order chi connectivity index (χ0) is 19.2. The molecule has 0 aromatic heterocycles. The predicted molar refractivity (Wildman–Crippen MR) is 99.9 cm³/mol. The van der Waals surface area contributed by atoms with Crippen LogP contribution in [-0.4, -0.2) is 29.3 Å².